The minimum absolute atomic E-state index is 0.0324. The molecular weight excluding hydrogens is 376 g/mol. The van der Waals surface area contributed by atoms with Crippen molar-refractivity contribution in [3.8, 4) is 0 Å². The molecule has 1 heterocycles. The molecule has 1 amide bonds. The molecule has 1 fully saturated rings. The van der Waals surface area contributed by atoms with Crippen LogP contribution in [0, 0.1) is 16.0 Å². The van der Waals surface area contributed by atoms with Crippen molar-refractivity contribution in [3.63, 3.8) is 0 Å². The first-order valence-corrected chi connectivity index (χ1v) is 9.38. The van der Waals surface area contributed by atoms with Gasteiger partial charge in [-0.3, -0.25) is 14.9 Å². The van der Waals surface area contributed by atoms with Crippen molar-refractivity contribution in [1.82, 2.24) is 4.90 Å². The van der Waals surface area contributed by atoms with Crippen molar-refractivity contribution in [2.45, 2.75) is 25.6 Å². The predicted molar refractivity (Wildman–Crippen MR) is 105 cm³/mol. The van der Waals surface area contributed by atoms with E-state index in [0.717, 1.165) is 5.56 Å². The van der Waals surface area contributed by atoms with Gasteiger partial charge in [0.1, 0.15) is 0 Å². The van der Waals surface area contributed by atoms with E-state index in [4.69, 9.17) is 4.74 Å². The molecule has 0 aliphatic carbocycles. The number of nitro groups is 1. The van der Waals surface area contributed by atoms with E-state index in [1.807, 2.05) is 30.3 Å². The molecule has 1 N–H and O–H groups in total. The lowest BCUT2D eigenvalue weighted by Gasteiger charge is -2.26. The van der Waals surface area contributed by atoms with Crippen LogP contribution in [0.4, 0.5) is 10.5 Å². The average Bonchev–Trinajstić information content (AvgIpc) is 2.95. The molecule has 1 aliphatic rings. The fraction of sp³-hybridized carbons (Fsp3) is 0.333. The topological polar surface area (TPSA) is 110 Å². The Morgan fingerprint density at radius 3 is 2.45 bits per heavy atom. The van der Waals surface area contributed by atoms with Crippen molar-refractivity contribution in [1.29, 1.82) is 0 Å². The van der Waals surface area contributed by atoms with Gasteiger partial charge in [-0.25, -0.2) is 4.79 Å². The highest BCUT2D eigenvalue weighted by Gasteiger charge is 2.35. The highest BCUT2D eigenvalue weighted by molar-refractivity contribution is 5.98. The third-order valence-corrected chi connectivity index (χ3v) is 5.06. The number of ketones is 1. The molecule has 2 aromatic rings. The summed E-state index contributed by atoms with van der Waals surface area (Å²) < 4.78 is 6.05. The second kappa shape index (κ2) is 9.29. The highest BCUT2D eigenvalue weighted by atomic mass is 16.6. The molecule has 0 aromatic heterocycles. The van der Waals surface area contributed by atoms with Gasteiger partial charge >= 0.3 is 6.09 Å². The number of carboxylic acid groups (broad SMARTS) is 1. The van der Waals surface area contributed by atoms with Crippen molar-refractivity contribution < 1.29 is 24.4 Å². The van der Waals surface area contributed by atoms with Crippen LogP contribution < -0.4 is 0 Å². The Kier molecular flexibility index (Phi) is 6.56. The number of nitrogens with zero attached hydrogens (tertiary/aromatic N) is 2. The number of non-ortho nitro benzene ring substituents is 1. The summed E-state index contributed by atoms with van der Waals surface area (Å²) in [5, 5.41) is 20.3. The Balaban J connectivity index is 1.81. The summed E-state index contributed by atoms with van der Waals surface area (Å²) in [6, 6.07) is 14.9. The van der Waals surface area contributed by atoms with E-state index in [9.17, 15) is 24.8 Å². The van der Waals surface area contributed by atoms with Crippen molar-refractivity contribution in [2.24, 2.45) is 5.92 Å². The molecular formula is C21H22N2O6. The molecule has 152 valence electrons. The Morgan fingerprint density at radius 2 is 1.83 bits per heavy atom. The maximum absolute atomic E-state index is 13.2. The summed E-state index contributed by atoms with van der Waals surface area (Å²) in [5.41, 5.74) is 1.17. The van der Waals surface area contributed by atoms with Crippen LogP contribution in [0.2, 0.25) is 0 Å². The van der Waals surface area contributed by atoms with Gasteiger partial charge in [-0.05, 0) is 30.5 Å². The van der Waals surface area contributed by atoms with E-state index in [-0.39, 0.29) is 18.0 Å². The molecule has 1 saturated heterocycles. The number of ether oxygens (including phenoxy) is 1. The number of amides is 1. The maximum atomic E-state index is 13.2. The lowest BCUT2D eigenvalue weighted by atomic mass is 9.90. The minimum atomic E-state index is -1.07. The van der Waals surface area contributed by atoms with E-state index < -0.39 is 23.0 Å². The number of carbonyl (C=O) groups excluding carboxylic acids is 1. The molecule has 29 heavy (non-hydrogen) atoms. The second-order valence-electron chi connectivity index (χ2n) is 6.98. The van der Waals surface area contributed by atoms with Gasteiger partial charge < -0.3 is 14.7 Å². The van der Waals surface area contributed by atoms with Crippen LogP contribution in [0.3, 0.4) is 0 Å². The molecule has 2 aromatic carbocycles. The van der Waals surface area contributed by atoms with Crippen LogP contribution in [-0.2, 0) is 11.3 Å². The normalized spacial score (nSPS) is 19.4. The van der Waals surface area contributed by atoms with Crippen LogP contribution in [0.5, 0.6) is 0 Å². The number of carbonyl (C=O) groups is 2. The first kappa shape index (κ1) is 20.5. The first-order chi connectivity index (χ1) is 14.0. The van der Waals surface area contributed by atoms with Gasteiger partial charge in [0.25, 0.3) is 5.69 Å². The van der Waals surface area contributed by atoms with Gasteiger partial charge in [0.05, 0.1) is 23.6 Å². The number of likely N-dealkylation sites (tertiary alicyclic amines) is 1. The third kappa shape index (κ3) is 5.17. The van der Waals surface area contributed by atoms with Gasteiger partial charge in [-0.15, -0.1) is 0 Å². The number of Topliss-reactive ketones (excluding diaryl/α,β-unsaturated/α-hetero) is 1. The van der Waals surface area contributed by atoms with Crippen molar-refractivity contribution >= 4 is 17.6 Å². The monoisotopic (exact) mass is 398 g/mol. The molecule has 8 nitrogen and oxygen atoms in total. The summed E-state index contributed by atoms with van der Waals surface area (Å²) in [6.45, 7) is 0.692. The molecule has 0 spiro atoms. The van der Waals surface area contributed by atoms with Gasteiger partial charge in [0, 0.05) is 30.8 Å². The van der Waals surface area contributed by atoms with Gasteiger partial charge in [-0.1, -0.05) is 30.3 Å². The summed E-state index contributed by atoms with van der Waals surface area (Å²) in [5.74, 6) is -0.954. The van der Waals surface area contributed by atoms with Gasteiger partial charge in [-0.2, -0.15) is 0 Å². The SMILES string of the molecule is O=C(c1ccc([N+](=O)[O-])cc1)C1CN(C(=O)O)CCCC1OCc1ccccc1. The molecule has 3 rings (SSSR count). The van der Waals surface area contributed by atoms with Crippen LogP contribution in [0.25, 0.3) is 0 Å². The van der Waals surface area contributed by atoms with Crippen LogP contribution >= 0.6 is 0 Å². The molecule has 2 unspecified atom stereocenters. The van der Waals surface area contributed by atoms with Crippen molar-refractivity contribution in [3.05, 3.63) is 75.8 Å². The zero-order chi connectivity index (χ0) is 20.8. The Bertz CT molecular complexity index is 868. The molecule has 0 radical (unpaired) electrons. The predicted octanol–water partition coefficient (Wildman–Crippen LogP) is 3.75. The number of rotatable bonds is 6. The van der Waals surface area contributed by atoms with E-state index in [0.29, 0.717) is 31.6 Å². The summed E-state index contributed by atoms with van der Waals surface area (Å²) in [7, 11) is 0. The van der Waals surface area contributed by atoms with Crippen LogP contribution in [0.1, 0.15) is 28.8 Å². The zero-order valence-electron chi connectivity index (χ0n) is 15.8. The second-order valence-corrected chi connectivity index (χ2v) is 6.98. The minimum Gasteiger partial charge on any atom is -0.465 e. The summed E-state index contributed by atoms with van der Waals surface area (Å²) in [4.78, 5) is 36.2. The van der Waals surface area contributed by atoms with Crippen molar-refractivity contribution in [2.75, 3.05) is 13.1 Å². The standard InChI is InChI=1S/C21H22N2O6/c24-20(16-8-10-17(11-9-16)23(27)28)18-13-22(21(25)26)12-4-7-19(18)29-14-15-5-2-1-3-6-15/h1-3,5-6,8-11,18-19H,4,7,12-14H2,(H,25,26). The van der Waals surface area contributed by atoms with Crippen LogP contribution in [-0.4, -0.2) is 46.0 Å². The average molecular weight is 398 g/mol. The zero-order valence-corrected chi connectivity index (χ0v) is 15.8. The molecule has 1 aliphatic heterocycles. The fourth-order valence-corrected chi connectivity index (χ4v) is 3.49. The molecule has 8 heteroatoms. The molecule has 0 saturated carbocycles. The number of hydrogen-bond acceptors (Lipinski definition) is 5. The van der Waals surface area contributed by atoms with Gasteiger partial charge in [0.2, 0.25) is 0 Å². The van der Waals surface area contributed by atoms with E-state index >= 15 is 0 Å². The lowest BCUT2D eigenvalue weighted by molar-refractivity contribution is -0.384. The quantitative estimate of drug-likeness (QED) is 0.451. The van der Waals surface area contributed by atoms with E-state index in [2.05, 4.69) is 0 Å². The maximum Gasteiger partial charge on any atom is 0.407 e. The van der Waals surface area contributed by atoms with E-state index in [1.54, 1.807) is 0 Å². The summed E-state index contributed by atoms with van der Waals surface area (Å²) in [6.07, 6.45) is -0.368. The first-order valence-electron chi connectivity index (χ1n) is 9.38. The van der Waals surface area contributed by atoms with E-state index in [1.165, 1.54) is 29.2 Å². The number of nitro benzene ring substituents is 1. The van der Waals surface area contributed by atoms with Crippen LogP contribution in [0.15, 0.2) is 54.6 Å². The highest BCUT2D eigenvalue weighted by Crippen LogP contribution is 2.26. The largest absolute Gasteiger partial charge is 0.465 e. The number of hydrogen-bond donors (Lipinski definition) is 1. The smallest absolute Gasteiger partial charge is 0.407 e. The Morgan fingerprint density at radius 1 is 1.14 bits per heavy atom. The fourth-order valence-electron chi connectivity index (χ4n) is 3.49. The molecule has 2 atom stereocenters. The van der Waals surface area contributed by atoms with Gasteiger partial charge in [0.15, 0.2) is 5.78 Å². The third-order valence-electron chi connectivity index (χ3n) is 5.06. The lowest BCUT2D eigenvalue weighted by Crippen LogP contribution is -2.40. The Hall–Kier alpha value is -3.26. The Labute approximate surface area is 167 Å². The summed E-state index contributed by atoms with van der Waals surface area (Å²) >= 11 is 0. The molecule has 0 bridgehead atoms. The number of benzene rings is 2.